The number of primary amides is 1. The Kier molecular flexibility index (Phi) is 6.31. The molecule has 0 spiro atoms. The van der Waals surface area contributed by atoms with Gasteiger partial charge in [-0.05, 0) is 29.8 Å². The van der Waals surface area contributed by atoms with Gasteiger partial charge in [0, 0.05) is 36.3 Å². The molecule has 1 aliphatic heterocycles. The van der Waals surface area contributed by atoms with Crippen molar-refractivity contribution < 1.29 is 14.6 Å². The van der Waals surface area contributed by atoms with Crippen molar-refractivity contribution >= 4 is 11.9 Å². The molecule has 8 nitrogen and oxygen atoms in total. The average Bonchev–Trinajstić information content (AvgIpc) is 2.81. The number of nitrogens with two attached hydrogens (primary N) is 2. The van der Waals surface area contributed by atoms with E-state index in [1.54, 1.807) is 24.3 Å². The number of amides is 1. The van der Waals surface area contributed by atoms with Crippen LogP contribution in [-0.4, -0.2) is 52.2 Å². The van der Waals surface area contributed by atoms with E-state index in [0.29, 0.717) is 5.56 Å². The summed E-state index contributed by atoms with van der Waals surface area (Å²) < 4.78 is 5.39. The summed E-state index contributed by atoms with van der Waals surface area (Å²) in [5.41, 5.74) is 14.2. The molecule has 0 radical (unpaired) electrons. The van der Waals surface area contributed by atoms with Crippen LogP contribution >= 0.6 is 0 Å². The van der Waals surface area contributed by atoms with Crippen molar-refractivity contribution in [2.24, 2.45) is 5.73 Å². The SMILES string of the molecule is NC(=O)c1nc(N)nc(-c2ccc(C#Cc3ccc(CN4CCOCC4)cc3)cc2)c1O. The first-order valence-electron chi connectivity index (χ1n) is 10.2. The minimum Gasteiger partial charge on any atom is -0.504 e. The zero-order valence-electron chi connectivity index (χ0n) is 17.4. The van der Waals surface area contributed by atoms with E-state index in [1.807, 2.05) is 12.1 Å². The lowest BCUT2D eigenvalue weighted by Crippen LogP contribution is -2.35. The molecule has 2 heterocycles. The standard InChI is InChI=1S/C24H23N5O3/c25-23(31)21-22(30)20(27-24(26)28-21)19-9-7-17(8-10-19)2-1-16-3-5-18(6-4-16)15-29-11-13-32-14-12-29/h3-10,30H,11-15H2,(H2,25,31)(H2,26,27,28). The maximum atomic E-state index is 11.4. The molecule has 162 valence electrons. The number of rotatable bonds is 4. The number of nitrogen functional groups attached to an aromatic ring is 1. The lowest BCUT2D eigenvalue weighted by Gasteiger charge is -2.26. The summed E-state index contributed by atoms with van der Waals surface area (Å²) in [6.45, 7) is 4.41. The average molecular weight is 429 g/mol. The molecule has 5 N–H and O–H groups in total. The summed E-state index contributed by atoms with van der Waals surface area (Å²) in [5, 5.41) is 10.3. The maximum absolute atomic E-state index is 11.4. The van der Waals surface area contributed by atoms with Gasteiger partial charge in [-0.25, -0.2) is 9.97 Å². The number of morpholine rings is 1. The van der Waals surface area contributed by atoms with E-state index in [0.717, 1.165) is 44.0 Å². The van der Waals surface area contributed by atoms with E-state index < -0.39 is 11.7 Å². The Bertz CT molecular complexity index is 1180. The van der Waals surface area contributed by atoms with Crippen molar-refractivity contribution in [2.45, 2.75) is 6.54 Å². The predicted octanol–water partition coefficient (Wildman–Crippen LogP) is 1.76. The van der Waals surface area contributed by atoms with Crippen LogP contribution in [-0.2, 0) is 11.3 Å². The fourth-order valence-electron chi connectivity index (χ4n) is 3.41. The van der Waals surface area contributed by atoms with Crippen LogP contribution in [0.25, 0.3) is 11.3 Å². The van der Waals surface area contributed by atoms with E-state index in [-0.39, 0.29) is 17.3 Å². The highest BCUT2D eigenvalue weighted by atomic mass is 16.5. The van der Waals surface area contributed by atoms with Crippen LogP contribution in [0.4, 0.5) is 5.95 Å². The zero-order valence-corrected chi connectivity index (χ0v) is 17.4. The summed E-state index contributed by atoms with van der Waals surface area (Å²) in [6.07, 6.45) is 0. The quantitative estimate of drug-likeness (QED) is 0.539. The summed E-state index contributed by atoms with van der Waals surface area (Å²) >= 11 is 0. The highest BCUT2D eigenvalue weighted by Gasteiger charge is 2.18. The number of nitrogens with zero attached hydrogens (tertiary/aromatic N) is 3. The fourth-order valence-corrected chi connectivity index (χ4v) is 3.41. The molecule has 0 saturated carbocycles. The van der Waals surface area contributed by atoms with Gasteiger partial charge < -0.3 is 21.3 Å². The molecule has 0 unspecified atom stereocenters. The number of hydrogen-bond donors (Lipinski definition) is 3. The molecule has 3 aromatic rings. The lowest BCUT2D eigenvalue weighted by molar-refractivity contribution is 0.0342. The molecule has 1 aromatic heterocycles. The minimum atomic E-state index is -0.878. The smallest absolute Gasteiger partial charge is 0.271 e. The Balaban J connectivity index is 1.47. The van der Waals surface area contributed by atoms with Crippen LogP contribution in [0.15, 0.2) is 48.5 Å². The van der Waals surface area contributed by atoms with Gasteiger partial charge in [-0.15, -0.1) is 0 Å². The number of carbonyl (C=O) groups is 1. The second-order valence-electron chi connectivity index (χ2n) is 7.40. The lowest BCUT2D eigenvalue weighted by atomic mass is 10.1. The Morgan fingerprint density at radius 3 is 2.19 bits per heavy atom. The van der Waals surface area contributed by atoms with Crippen LogP contribution < -0.4 is 11.5 Å². The topological polar surface area (TPSA) is 128 Å². The molecule has 0 aliphatic carbocycles. The summed E-state index contributed by atoms with van der Waals surface area (Å²) in [7, 11) is 0. The van der Waals surface area contributed by atoms with Crippen molar-refractivity contribution in [1.29, 1.82) is 0 Å². The molecule has 1 aliphatic rings. The summed E-state index contributed by atoms with van der Waals surface area (Å²) in [5.74, 6) is 4.86. The van der Waals surface area contributed by atoms with Crippen LogP contribution in [0.3, 0.4) is 0 Å². The Morgan fingerprint density at radius 2 is 1.59 bits per heavy atom. The number of hydrogen-bond acceptors (Lipinski definition) is 7. The molecule has 32 heavy (non-hydrogen) atoms. The van der Waals surface area contributed by atoms with E-state index in [1.165, 1.54) is 5.56 Å². The first-order valence-corrected chi connectivity index (χ1v) is 10.2. The Morgan fingerprint density at radius 1 is 1.00 bits per heavy atom. The van der Waals surface area contributed by atoms with Gasteiger partial charge in [0.05, 0.1) is 13.2 Å². The molecule has 2 aromatic carbocycles. The van der Waals surface area contributed by atoms with Crippen LogP contribution in [0, 0.1) is 11.8 Å². The van der Waals surface area contributed by atoms with Gasteiger partial charge >= 0.3 is 0 Å². The minimum absolute atomic E-state index is 0.140. The normalized spacial score (nSPS) is 13.9. The van der Waals surface area contributed by atoms with E-state index in [2.05, 4.69) is 38.8 Å². The van der Waals surface area contributed by atoms with E-state index in [9.17, 15) is 9.90 Å². The van der Waals surface area contributed by atoms with Crippen molar-refractivity contribution in [3.8, 4) is 28.8 Å². The molecular weight excluding hydrogens is 406 g/mol. The number of aromatic hydroxyl groups is 1. The maximum Gasteiger partial charge on any atom is 0.271 e. The number of benzene rings is 2. The van der Waals surface area contributed by atoms with Crippen molar-refractivity contribution in [1.82, 2.24) is 14.9 Å². The van der Waals surface area contributed by atoms with Gasteiger partial charge in [0.1, 0.15) is 5.69 Å². The van der Waals surface area contributed by atoms with Crippen LogP contribution in [0.2, 0.25) is 0 Å². The van der Waals surface area contributed by atoms with Gasteiger partial charge in [-0.2, -0.15) is 0 Å². The van der Waals surface area contributed by atoms with Crippen molar-refractivity contribution in [3.05, 3.63) is 70.9 Å². The second kappa shape index (κ2) is 9.47. The molecule has 0 atom stereocenters. The van der Waals surface area contributed by atoms with Gasteiger partial charge in [0.15, 0.2) is 11.4 Å². The highest BCUT2D eigenvalue weighted by molar-refractivity contribution is 5.95. The highest BCUT2D eigenvalue weighted by Crippen LogP contribution is 2.30. The third-order valence-corrected chi connectivity index (χ3v) is 5.11. The van der Waals surface area contributed by atoms with Gasteiger partial charge in [-0.3, -0.25) is 9.69 Å². The third kappa shape index (κ3) is 5.03. The van der Waals surface area contributed by atoms with Gasteiger partial charge in [-0.1, -0.05) is 36.1 Å². The molecule has 1 fully saturated rings. The first kappa shape index (κ1) is 21.3. The molecule has 1 saturated heterocycles. The number of carbonyl (C=O) groups excluding carboxylic acids is 1. The zero-order chi connectivity index (χ0) is 22.5. The molecule has 0 bridgehead atoms. The molecule has 4 rings (SSSR count). The fraction of sp³-hybridized carbons (Fsp3) is 0.208. The Labute approximate surface area is 185 Å². The van der Waals surface area contributed by atoms with Crippen LogP contribution in [0.5, 0.6) is 5.75 Å². The van der Waals surface area contributed by atoms with Crippen molar-refractivity contribution in [2.75, 3.05) is 32.0 Å². The largest absolute Gasteiger partial charge is 0.504 e. The third-order valence-electron chi connectivity index (χ3n) is 5.11. The Hall–Kier alpha value is -3.93. The van der Waals surface area contributed by atoms with Crippen molar-refractivity contribution in [3.63, 3.8) is 0 Å². The summed E-state index contributed by atoms with van der Waals surface area (Å²) in [6, 6.07) is 15.3. The first-order chi connectivity index (χ1) is 15.5. The monoisotopic (exact) mass is 429 g/mol. The van der Waals surface area contributed by atoms with E-state index in [4.69, 9.17) is 16.2 Å². The van der Waals surface area contributed by atoms with Crippen LogP contribution in [0.1, 0.15) is 27.2 Å². The molecule has 8 heteroatoms. The molecule has 1 amide bonds. The van der Waals surface area contributed by atoms with E-state index >= 15 is 0 Å². The number of anilines is 1. The summed E-state index contributed by atoms with van der Waals surface area (Å²) in [4.78, 5) is 21.5. The predicted molar refractivity (Wildman–Crippen MR) is 121 cm³/mol. The van der Waals surface area contributed by atoms with Gasteiger partial charge in [0.2, 0.25) is 5.95 Å². The number of ether oxygens (including phenoxy) is 1. The second-order valence-corrected chi connectivity index (χ2v) is 7.40. The molecular formula is C24H23N5O3. The number of aromatic nitrogens is 2. The van der Waals surface area contributed by atoms with Gasteiger partial charge in [0.25, 0.3) is 5.91 Å².